The standard InChI is InChI=1S/C7H14N6O/c8-6(9)12-7(10)13-3-1-2-11-5(14)4-13/h1-4H2,(H,11,14)(H5,8,9,10,12). The topological polar surface area (TPSA) is 121 Å². The zero-order valence-electron chi connectivity index (χ0n) is 7.79. The van der Waals surface area contributed by atoms with Crippen LogP contribution in [-0.4, -0.2) is 42.4 Å². The molecule has 0 spiro atoms. The number of aliphatic imine (C=N–C) groups is 1. The maximum atomic E-state index is 11.1. The third-order valence-corrected chi connectivity index (χ3v) is 1.80. The lowest BCUT2D eigenvalue weighted by Crippen LogP contribution is -2.38. The second-order valence-corrected chi connectivity index (χ2v) is 2.99. The molecule has 1 amide bonds. The van der Waals surface area contributed by atoms with Crippen molar-refractivity contribution in [3.05, 3.63) is 0 Å². The summed E-state index contributed by atoms with van der Waals surface area (Å²) in [6.45, 7) is 1.37. The molecule has 0 bridgehead atoms. The molecular weight excluding hydrogens is 184 g/mol. The van der Waals surface area contributed by atoms with Crippen molar-refractivity contribution in [3.8, 4) is 0 Å². The Hall–Kier alpha value is -1.79. The quantitative estimate of drug-likeness (QED) is 0.266. The van der Waals surface area contributed by atoms with Gasteiger partial charge in [-0.15, -0.1) is 0 Å². The number of hydrogen-bond acceptors (Lipinski definition) is 2. The SMILES string of the molecule is N=C(N=C(N)N)N1CCCNC(=O)C1. The van der Waals surface area contributed by atoms with E-state index < -0.39 is 0 Å². The summed E-state index contributed by atoms with van der Waals surface area (Å²) in [7, 11) is 0. The summed E-state index contributed by atoms with van der Waals surface area (Å²) in [6.07, 6.45) is 0.786. The average molecular weight is 198 g/mol. The first-order valence-corrected chi connectivity index (χ1v) is 4.29. The number of carbonyl (C=O) groups is 1. The molecule has 0 saturated carbocycles. The summed E-state index contributed by atoms with van der Waals surface area (Å²) in [5.41, 5.74) is 10.3. The molecule has 0 aromatic carbocycles. The monoisotopic (exact) mass is 198 g/mol. The van der Waals surface area contributed by atoms with E-state index in [-0.39, 0.29) is 24.4 Å². The van der Waals surface area contributed by atoms with Crippen LogP contribution in [0.15, 0.2) is 4.99 Å². The van der Waals surface area contributed by atoms with Crippen LogP contribution in [-0.2, 0) is 4.79 Å². The van der Waals surface area contributed by atoms with Gasteiger partial charge in [0.05, 0.1) is 6.54 Å². The van der Waals surface area contributed by atoms with Gasteiger partial charge >= 0.3 is 0 Å². The van der Waals surface area contributed by atoms with E-state index in [4.69, 9.17) is 16.9 Å². The number of hydrogen-bond donors (Lipinski definition) is 4. The summed E-state index contributed by atoms with van der Waals surface area (Å²) in [4.78, 5) is 16.2. The highest BCUT2D eigenvalue weighted by atomic mass is 16.2. The lowest BCUT2D eigenvalue weighted by atomic mass is 10.4. The van der Waals surface area contributed by atoms with E-state index in [0.717, 1.165) is 6.42 Å². The predicted octanol–water partition coefficient (Wildman–Crippen LogP) is -1.98. The van der Waals surface area contributed by atoms with Crippen LogP contribution in [0.3, 0.4) is 0 Å². The lowest BCUT2D eigenvalue weighted by molar-refractivity contribution is -0.120. The molecule has 78 valence electrons. The molecule has 0 aliphatic carbocycles. The Bertz CT molecular complexity index is 269. The van der Waals surface area contributed by atoms with E-state index in [1.54, 1.807) is 0 Å². The zero-order chi connectivity index (χ0) is 10.6. The smallest absolute Gasteiger partial charge is 0.239 e. The number of rotatable bonds is 0. The van der Waals surface area contributed by atoms with Crippen LogP contribution in [0.2, 0.25) is 0 Å². The first-order valence-electron chi connectivity index (χ1n) is 4.29. The van der Waals surface area contributed by atoms with Crippen molar-refractivity contribution >= 4 is 17.8 Å². The van der Waals surface area contributed by atoms with Gasteiger partial charge in [0, 0.05) is 13.1 Å². The van der Waals surface area contributed by atoms with Crippen LogP contribution in [0.25, 0.3) is 0 Å². The Labute approximate surface area is 81.7 Å². The van der Waals surface area contributed by atoms with Crippen LogP contribution in [0, 0.1) is 5.41 Å². The number of amides is 1. The minimum absolute atomic E-state index is 0.0675. The molecule has 7 heteroatoms. The molecule has 0 atom stereocenters. The maximum Gasteiger partial charge on any atom is 0.239 e. The molecule has 1 fully saturated rings. The molecule has 6 N–H and O–H groups in total. The Morgan fingerprint density at radius 3 is 2.93 bits per heavy atom. The largest absolute Gasteiger partial charge is 0.370 e. The zero-order valence-corrected chi connectivity index (χ0v) is 7.79. The van der Waals surface area contributed by atoms with Crippen molar-refractivity contribution in [2.24, 2.45) is 16.5 Å². The second kappa shape index (κ2) is 4.45. The molecule has 1 heterocycles. The van der Waals surface area contributed by atoms with E-state index in [2.05, 4.69) is 10.3 Å². The van der Waals surface area contributed by atoms with Crippen LogP contribution in [0.5, 0.6) is 0 Å². The van der Waals surface area contributed by atoms with Gasteiger partial charge in [0.2, 0.25) is 11.9 Å². The van der Waals surface area contributed by atoms with Gasteiger partial charge in [-0.2, -0.15) is 4.99 Å². The van der Waals surface area contributed by atoms with E-state index in [1.165, 1.54) is 4.90 Å². The Balaban J connectivity index is 2.61. The number of nitrogens with one attached hydrogen (secondary N) is 2. The van der Waals surface area contributed by atoms with Gasteiger partial charge in [-0.1, -0.05) is 0 Å². The van der Waals surface area contributed by atoms with Crippen molar-refractivity contribution in [1.29, 1.82) is 5.41 Å². The average Bonchev–Trinajstić information content (AvgIpc) is 2.28. The summed E-state index contributed by atoms with van der Waals surface area (Å²) >= 11 is 0. The van der Waals surface area contributed by atoms with Crippen molar-refractivity contribution in [3.63, 3.8) is 0 Å². The van der Waals surface area contributed by atoms with Gasteiger partial charge in [-0.3, -0.25) is 10.2 Å². The highest BCUT2D eigenvalue weighted by molar-refractivity contribution is 5.93. The van der Waals surface area contributed by atoms with Crippen molar-refractivity contribution < 1.29 is 4.79 Å². The predicted molar refractivity (Wildman–Crippen MR) is 52.7 cm³/mol. The summed E-state index contributed by atoms with van der Waals surface area (Å²) in [5, 5.41) is 10.2. The number of carbonyl (C=O) groups excluding carboxylic acids is 1. The molecule has 1 saturated heterocycles. The van der Waals surface area contributed by atoms with Gasteiger partial charge in [0.25, 0.3) is 0 Å². The third kappa shape index (κ3) is 2.92. The van der Waals surface area contributed by atoms with Crippen molar-refractivity contribution in [1.82, 2.24) is 10.2 Å². The van der Waals surface area contributed by atoms with E-state index in [1.807, 2.05) is 0 Å². The summed E-state index contributed by atoms with van der Waals surface area (Å²) < 4.78 is 0. The summed E-state index contributed by atoms with van der Waals surface area (Å²) in [6, 6.07) is 0. The molecule has 0 aromatic heterocycles. The van der Waals surface area contributed by atoms with Gasteiger partial charge in [-0.05, 0) is 6.42 Å². The van der Waals surface area contributed by atoms with E-state index >= 15 is 0 Å². The first kappa shape index (κ1) is 10.3. The van der Waals surface area contributed by atoms with Crippen LogP contribution in [0.1, 0.15) is 6.42 Å². The van der Waals surface area contributed by atoms with Gasteiger partial charge in [0.15, 0.2) is 5.96 Å². The van der Waals surface area contributed by atoms with Crippen LogP contribution >= 0.6 is 0 Å². The normalized spacial score (nSPS) is 16.9. The van der Waals surface area contributed by atoms with Gasteiger partial charge < -0.3 is 21.7 Å². The number of nitrogens with two attached hydrogens (primary N) is 2. The van der Waals surface area contributed by atoms with Crippen LogP contribution in [0.4, 0.5) is 0 Å². The minimum Gasteiger partial charge on any atom is -0.370 e. The van der Waals surface area contributed by atoms with Crippen molar-refractivity contribution in [2.45, 2.75) is 6.42 Å². The minimum atomic E-state index is -0.167. The molecule has 0 radical (unpaired) electrons. The molecule has 0 unspecified atom stereocenters. The fourth-order valence-corrected chi connectivity index (χ4v) is 1.18. The molecule has 1 aliphatic rings. The Kier molecular flexibility index (Phi) is 3.27. The fourth-order valence-electron chi connectivity index (χ4n) is 1.18. The van der Waals surface area contributed by atoms with E-state index in [9.17, 15) is 4.79 Å². The van der Waals surface area contributed by atoms with Gasteiger partial charge in [-0.25, -0.2) is 0 Å². The Morgan fingerprint density at radius 1 is 1.57 bits per heavy atom. The molecular formula is C7H14N6O. The Morgan fingerprint density at radius 2 is 2.29 bits per heavy atom. The molecule has 7 nitrogen and oxygen atoms in total. The second-order valence-electron chi connectivity index (χ2n) is 2.99. The summed E-state index contributed by atoms with van der Waals surface area (Å²) in [5.74, 6) is -0.347. The molecule has 14 heavy (non-hydrogen) atoms. The lowest BCUT2D eigenvalue weighted by Gasteiger charge is -2.18. The third-order valence-electron chi connectivity index (χ3n) is 1.80. The molecule has 1 aliphatic heterocycles. The van der Waals surface area contributed by atoms with E-state index in [0.29, 0.717) is 13.1 Å². The highest BCUT2D eigenvalue weighted by Crippen LogP contribution is 1.97. The molecule has 1 rings (SSSR count). The van der Waals surface area contributed by atoms with Crippen molar-refractivity contribution in [2.75, 3.05) is 19.6 Å². The number of guanidine groups is 2. The van der Waals surface area contributed by atoms with Crippen LogP contribution < -0.4 is 16.8 Å². The first-order chi connectivity index (χ1) is 6.59. The highest BCUT2D eigenvalue weighted by Gasteiger charge is 2.16. The maximum absolute atomic E-state index is 11.1. The number of nitrogens with zero attached hydrogens (tertiary/aromatic N) is 2. The molecule has 0 aromatic rings. The fraction of sp³-hybridized carbons (Fsp3) is 0.571. The van der Waals surface area contributed by atoms with Gasteiger partial charge in [0.1, 0.15) is 0 Å².